The molecule has 0 bridgehead atoms. The Kier molecular flexibility index (Phi) is 3.70. The minimum Gasteiger partial charge on any atom is -0.391 e. The molecule has 0 aliphatic rings. The predicted octanol–water partition coefficient (Wildman–Crippen LogP) is 2.73. The summed E-state index contributed by atoms with van der Waals surface area (Å²) in [6.45, 7) is 1.97. The third-order valence-corrected chi connectivity index (χ3v) is 2.59. The number of pyridine rings is 2. The van der Waals surface area contributed by atoms with Gasteiger partial charge in [0.15, 0.2) is 0 Å². The summed E-state index contributed by atoms with van der Waals surface area (Å²) in [5, 5.41) is 1.13. The molecule has 0 aliphatic heterocycles. The number of aromatic amines is 1. The van der Waals surface area contributed by atoms with Crippen LogP contribution in [0.3, 0.4) is 0 Å². The van der Waals surface area contributed by atoms with Crippen LogP contribution in [-0.2, 0) is 32.7 Å². The van der Waals surface area contributed by atoms with Gasteiger partial charge >= 0.3 is 0 Å². The Hall–Kier alpha value is -1.06. The fraction of sp³-hybridized carbons (Fsp3) is 0.0769. The molecule has 1 N–H and O–H groups in total. The molecule has 3 aromatic heterocycles. The largest absolute Gasteiger partial charge is 0.391 e. The van der Waals surface area contributed by atoms with Crippen molar-refractivity contribution in [2.75, 3.05) is 0 Å². The van der Waals surface area contributed by atoms with Crippen LogP contribution in [0.5, 0.6) is 0 Å². The van der Waals surface area contributed by atoms with Crippen molar-refractivity contribution in [1.29, 1.82) is 0 Å². The van der Waals surface area contributed by atoms with Crippen molar-refractivity contribution in [2.45, 2.75) is 6.92 Å². The zero-order valence-electron chi connectivity index (χ0n) is 9.44. The van der Waals surface area contributed by atoms with Crippen LogP contribution < -0.4 is 0 Å². The molecule has 0 aliphatic carbocycles. The van der Waals surface area contributed by atoms with Crippen molar-refractivity contribution < 1.29 is 32.7 Å². The van der Waals surface area contributed by atoms with E-state index >= 15 is 0 Å². The van der Waals surface area contributed by atoms with Crippen LogP contribution in [0.4, 0.5) is 0 Å². The number of fused-ring (bicyclic) bond motifs is 1. The van der Waals surface area contributed by atoms with E-state index in [4.69, 9.17) is 0 Å². The molecule has 3 aromatic rings. The summed E-state index contributed by atoms with van der Waals surface area (Å²) >= 11 is 0. The summed E-state index contributed by atoms with van der Waals surface area (Å²) < 4.78 is 0. The number of nitrogens with zero attached hydrogens (tertiary/aromatic N) is 2. The maximum absolute atomic E-state index is 4.27. The molecule has 0 spiro atoms. The molecule has 1 radical (unpaired) electrons. The van der Waals surface area contributed by atoms with E-state index in [1.807, 2.05) is 31.3 Å². The number of rotatable bonds is 1. The smallest absolute Gasteiger partial charge is 0.136 e. The first-order valence-corrected chi connectivity index (χ1v) is 5.12. The van der Waals surface area contributed by atoms with Crippen LogP contribution in [0.25, 0.3) is 22.2 Å². The minimum atomic E-state index is 0. The molecule has 0 fully saturated rings. The second kappa shape index (κ2) is 5.07. The van der Waals surface area contributed by atoms with Crippen molar-refractivity contribution >= 4 is 11.0 Å². The zero-order valence-corrected chi connectivity index (χ0v) is 12.3. The third kappa shape index (κ3) is 2.31. The molecule has 0 unspecified atom stereocenters. The van der Waals surface area contributed by atoms with E-state index in [0.29, 0.717) is 0 Å². The molecule has 17 heavy (non-hydrogen) atoms. The van der Waals surface area contributed by atoms with Crippen molar-refractivity contribution in [3.63, 3.8) is 0 Å². The molecule has 0 saturated carbocycles. The number of hydrogen-bond acceptors (Lipinski definition) is 2. The average Bonchev–Trinajstić information content (AvgIpc) is 2.72. The summed E-state index contributed by atoms with van der Waals surface area (Å²) in [6, 6.07) is 7.94. The minimum absolute atomic E-state index is 0. The van der Waals surface area contributed by atoms with E-state index in [0.717, 1.165) is 27.9 Å². The van der Waals surface area contributed by atoms with Crippen molar-refractivity contribution in [2.24, 2.45) is 0 Å². The van der Waals surface area contributed by atoms with E-state index < -0.39 is 0 Å². The normalized spacial score (nSPS) is 10.2. The SMILES string of the molecule is Cc1cc(-c2c[nH]c3ncccc23)c[c-]n1.[Y]. The molecular weight excluding hydrogens is 287 g/mol. The Morgan fingerprint density at radius 3 is 3.06 bits per heavy atom. The molecule has 3 nitrogen and oxygen atoms in total. The Morgan fingerprint density at radius 2 is 2.24 bits per heavy atom. The summed E-state index contributed by atoms with van der Waals surface area (Å²) in [6.07, 6.45) is 6.65. The van der Waals surface area contributed by atoms with Gasteiger partial charge in [-0.05, 0) is 17.8 Å². The van der Waals surface area contributed by atoms with Gasteiger partial charge in [0.25, 0.3) is 0 Å². The fourth-order valence-corrected chi connectivity index (χ4v) is 1.85. The van der Waals surface area contributed by atoms with Gasteiger partial charge in [-0.3, -0.25) is 0 Å². The van der Waals surface area contributed by atoms with Gasteiger partial charge in [0.1, 0.15) is 5.65 Å². The maximum atomic E-state index is 4.27. The molecule has 0 atom stereocenters. The molecule has 81 valence electrons. The molecule has 4 heteroatoms. The number of aryl methyl sites for hydroxylation is 1. The number of H-pyrrole nitrogens is 1. The van der Waals surface area contributed by atoms with Gasteiger partial charge in [-0.25, -0.2) is 4.98 Å². The van der Waals surface area contributed by atoms with Crippen molar-refractivity contribution in [1.82, 2.24) is 15.0 Å². The molecule has 0 saturated heterocycles. The monoisotopic (exact) mass is 297 g/mol. The van der Waals surface area contributed by atoms with Gasteiger partial charge in [0.2, 0.25) is 0 Å². The molecule has 3 heterocycles. The number of aromatic nitrogens is 3. The molecular formula is C13H10N3Y-. The molecule has 0 amide bonds. The van der Waals surface area contributed by atoms with E-state index in [1.165, 1.54) is 0 Å². The molecule has 3 rings (SSSR count). The Balaban J connectivity index is 0.00000108. The van der Waals surface area contributed by atoms with Crippen LogP contribution in [0.2, 0.25) is 0 Å². The van der Waals surface area contributed by atoms with Gasteiger partial charge in [0.05, 0.1) is 0 Å². The van der Waals surface area contributed by atoms with Crippen LogP contribution in [0.1, 0.15) is 5.69 Å². The van der Waals surface area contributed by atoms with E-state index in [9.17, 15) is 0 Å². The van der Waals surface area contributed by atoms with Crippen molar-refractivity contribution in [3.8, 4) is 11.1 Å². The maximum Gasteiger partial charge on any atom is 0.136 e. The van der Waals surface area contributed by atoms with E-state index in [2.05, 4.69) is 27.2 Å². The first-order valence-electron chi connectivity index (χ1n) is 5.12. The Morgan fingerprint density at radius 1 is 1.35 bits per heavy atom. The summed E-state index contributed by atoms with van der Waals surface area (Å²) in [5.74, 6) is 0. The zero-order chi connectivity index (χ0) is 11.0. The summed E-state index contributed by atoms with van der Waals surface area (Å²) in [5.41, 5.74) is 4.14. The van der Waals surface area contributed by atoms with Gasteiger partial charge in [-0.15, -0.1) is 11.6 Å². The summed E-state index contributed by atoms with van der Waals surface area (Å²) in [7, 11) is 0. The number of hydrogen-bond donors (Lipinski definition) is 1. The first-order chi connectivity index (χ1) is 7.84. The van der Waals surface area contributed by atoms with Crippen LogP contribution >= 0.6 is 0 Å². The van der Waals surface area contributed by atoms with Gasteiger partial charge in [-0.2, -0.15) is 6.07 Å². The summed E-state index contributed by atoms with van der Waals surface area (Å²) in [4.78, 5) is 11.5. The third-order valence-electron chi connectivity index (χ3n) is 2.59. The van der Waals surface area contributed by atoms with Gasteiger partial charge in [0, 0.05) is 44.3 Å². The van der Waals surface area contributed by atoms with Gasteiger partial charge in [-0.1, -0.05) is 24.9 Å². The quantitative estimate of drug-likeness (QED) is 0.702. The Labute approximate surface area is 125 Å². The van der Waals surface area contributed by atoms with Gasteiger partial charge < -0.3 is 9.97 Å². The van der Waals surface area contributed by atoms with Crippen LogP contribution in [-0.4, -0.2) is 15.0 Å². The van der Waals surface area contributed by atoms with E-state index in [-0.39, 0.29) is 32.7 Å². The van der Waals surface area contributed by atoms with Crippen LogP contribution in [0.15, 0.2) is 36.7 Å². The van der Waals surface area contributed by atoms with E-state index in [1.54, 1.807) is 6.20 Å². The molecule has 0 aromatic carbocycles. The first kappa shape index (κ1) is 12.4. The second-order valence-electron chi connectivity index (χ2n) is 3.73. The van der Waals surface area contributed by atoms with Crippen LogP contribution in [0, 0.1) is 13.1 Å². The standard InChI is InChI=1S/C13H10N3.Y/c1-9-7-10(4-6-14-9)12-8-16-13-11(12)3-2-5-15-13;/h2-5,7-8H,1H3,(H,15,16);/q-1;. The second-order valence-corrected chi connectivity index (χ2v) is 3.73. The Bertz CT molecular complexity index is 646. The average molecular weight is 297 g/mol. The van der Waals surface area contributed by atoms with Crippen molar-refractivity contribution in [3.05, 3.63) is 48.5 Å². The predicted molar refractivity (Wildman–Crippen MR) is 62.9 cm³/mol. The topological polar surface area (TPSA) is 41.6 Å². The number of nitrogens with one attached hydrogen (secondary N) is 1. The fourth-order valence-electron chi connectivity index (χ4n) is 1.85.